The number of hydrogen-bond donors (Lipinski definition) is 6. The maximum absolute atomic E-state index is 11.6. The van der Waals surface area contributed by atoms with Gasteiger partial charge >= 0.3 is 5.97 Å². The van der Waals surface area contributed by atoms with Gasteiger partial charge in [0, 0.05) is 24.9 Å². The van der Waals surface area contributed by atoms with Gasteiger partial charge in [0.05, 0.1) is 12.0 Å². The van der Waals surface area contributed by atoms with Gasteiger partial charge in [0.2, 0.25) is 5.91 Å². The molecule has 0 unspecified atom stereocenters. The molecule has 24 heavy (non-hydrogen) atoms. The van der Waals surface area contributed by atoms with Crippen LogP contribution in [0.5, 0.6) is 0 Å². The summed E-state index contributed by atoms with van der Waals surface area (Å²) in [6, 6.07) is -0.847. The number of carboxylic acids is 1. The van der Waals surface area contributed by atoms with Crippen molar-refractivity contribution in [1.29, 1.82) is 5.41 Å². The molecule has 0 aliphatic heterocycles. The van der Waals surface area contributed by atoms with E-state index in [9.17, 15) is 19.8 Å². The van der Waals surface area contributed by atoms with E-state index in [1.54, 1.807) is 0 Å². The fourth-order valence-electron chi connectivity index (χ4n) is 3.70. The van der Waals surface area contributed by atoms with E-state index in [2.05, 4.69) is 10.6 Å². The summed E-state index contributed by atoms with van der Waals surface area (Å²) in [5.74, 6) is -2.95. The zero-order valence-electron chi connectivity index (χ0n) is 14.4. The van der Waals surface area contributed by atoms with Crippen molar-refractivity contribution in [3.63, 3.8) is 0 Å². The Morgan fingerprint density at radius 2 is 1.88 bits per heavy atom. The van der Waals surface area contributed by atoms with Crippen molar-refractivity contribution in [2.45, 2.75) is 58.2 Å². The molecule has 9 heteroatoms. The summed E-state index contributed by atoms with van der Waals surface area (Å²) in [6.07, 6.45) is 0.628. The number of nitrogens with one attached hydrogen (secondary N) is 3. The Morgan fingerprint density at radius 3 is 2.25 bits per heavy atom. The summed E-state index contributed by atoms with van der Waals surface area (Å²) in [4.78, 5) is 23.0. The van der Waals surface area contributed by atoms with Gasteiger partial charge < -0.3 is 32.1 Å². The van der Waals surface area contributed by atoms with Crippen LogP contribution in [-0.2, 0) is 9.59 Å². The number of carbonyl (C=O) groups excluding carboxylic acids is 1. The molecule has 0 aromatic heterocycles. The highest BCUT2D eigenvalue weighted by Crippen LogP contribution is 2.37. The summed E-state index contributed by atoms with van der Waals surface area (Å²) in [5.41, 5.74) is 5.40. The molecule has 140 valence electrons. The number of nitrogens with two attached hydrogens (primary N) is 1. The van der Waals surface area contributed by atoms with Gasteiger partial charge in [-0.15, -0.1) is 0 Å². The first-order valence-corrected chi connectivity index (χ1v) is 8.01. The van der Waals surface area contributed by atoms with Crippen LogP contribution in [0.15, 0.2) is 0 Å². The molecule has 5 atom stereocenters. The lowest BCUT2D eigenvalue weighted by atomic mass is 9.80. The Balaban J connectivity index is 0.00000529. The molecular formula is C15H30N4O5. The van der Waals surface area contributed by atoms with E-state index in [0.29, 0.717) is 0 Å². The molecule has 0 aromatic carbocycles. The van der Waals surface area contributed by atoms with Crippen LogP contribution < -0.4 is 16.4 Å². The van der Waals surface area contributed by atoms with Gasteiger partial charge in [-0.25, -0.2) is 0 Å². The quantitative estimate of drug-likeness (QED) is 0.255. The Kier molecular flexibility index (Phi) is 8.70. The molecule has 0 aromatic rings. The molecular weight excluding hydrogens is 316 g/mol. The largest absolute Gasteiger partial charge is 0.481 e. The van der Waals surface area contributed by atoms with Gasteiger partial charge in [-0.2, -0.15) is 0 Å². The van der Waals surface area contributed by atoms with Crippen LogP contribution in [0.2, 0.25) is 0 Å². The smallest absolute Gasteiger partial charge is 0.309 e. The maximum Gasteiger partial charge on any atom is 0.309 e. The van der Waals surface area contributed by atoms with Crippen molar-refractivity contribution in [1.82, 2.24) is 10.6 Å². The second kappa shape index (κ2) is 9.43. The Morgan fingerprint density at radius 1 is 1.33 bits per heavy atom. The molecule has 0 radical (unpaired) electrons. The minimum atomic E-state index is -1.11. The van der Waals surface area contributed by atoms with Crippen LogP contribution >= 0.6 is 0 Å². The number of guanidine groups is 1. The van der Waals surface area contributed by atoms with Crippen molar-refractivity contribution < 1.29 is 25.3 Å². The lowest BCUT2D eigenvalue weighted by molar-refractivity contribution is -0.145. The predicted molar refractivity (Wildman–Crippen MR) is 89.4 cm³/mol. The first-order valence-electron chi connectivity index (χ1n) is 8.01. The van der Waals surface area contributed by atoms with Crippen LogP contribution in [0.1, 0.15) is 40.0 Å². The molecule has 1 aliphatic rings. The number of hydrogen-bond acceptors (Lipinski definition) is 4. The highest BCUT2D eigenvalue weighted by atomic mass is 16.4. The van der Waals surface area contributed by atoms with Crippen molar-refractivity contribution >= 4 is 17.8 Å². The van der Waals surface area contributed by atoms with E-state index in [1.807, 2.05) is 13.8 Å². The van der Waals surface area contributed by atoms with Gasteiger partial charge in [0.25, 0.3) is 0 Å². The average molecular weight is 346 g/mol. The Bertz CT molecular complexity index is 455. The molecule has 1 amide bonds. The van der Waals surface area contributed by atoms with Gasteiger partial charge in [0.15, 0.2) is 5.96 Å². The average Bonchev–Trinajstić information content (AvgIpc) is 2.74. The van der Waals surface area contributed by atoms with E-state index in [0.717, 1.165) is 12.8 Å². The summed E-state index contributed by atoms with van der Waals surface area (Å²) in [5, 5.41) is 32.9. The van der Waals surface area contributed by atoms with E-state index in [4.69, 9.17) is 11.1 Å². The van der Waals surface area contributed by atoms with Crippen molar-refractivity contribution in [3.8, 4) is 0 Å². The SMILES string of the molecule is CCC(CC)[C@H](NC(C)=O)[C@H]1[C@H](O)[C@@H](C(=O)O)C[C@H]1NC(=N)N.O. The first-order chi connectivity index (χ1) is 10.7. The van der Waals surface area contributed by atoms with E-state index < -0.39 is 30.0 Å². The van der Waals surface area contributed by atoms with Gasteiger partial charge in [-0.1, -0.05) is 26.7 Å². The zero-order valence-corrected chi connectivity index (χ0v) is 14.4. The molecule has 0 bridgehead atoms. The molecule has 9 nitrogen and oxygen atoms in total. The lowest BCUT2D eigenvalue weighted by Crippen LogP contribution is -2.54. The number of amides is 1. The lowest BCUT2D eigenvalue weighted by Gasteiger charge is -2.36. The second-order valence-electron chi connectivity index (χ2n) is 6.22. The Labute approximate surface area is 141 Å². The normalized spacial score (nSPS) is 27.2. The van der Waals surface area contributed by atoms with Crippen LogP contribution in [0.3, 0.4) is 0 Å². The maximum atomic E-state index is 11.6. The highest BCUT2D eigenvalue weighted by Gasteiger charge is 2.50. The summed E-state index contributed by atoms with van der Waals surface area (Å²) in [6.45, 7) is 5.39. The minimum absolute atomic E-state index is 0. The van der Waals surface area contributed by atoms with Crippen molar-refractivity contribution in [2.24, 2.45) is 23.5 Å². The molecule has 0 spiro atoms. The molecule has 0 saturated heterocycles. The molecule has 1 saturated carbocycles. The third-order valence-electron chi connectivity index (χ3n) is 4.78. The van der Waals surface area contributed by atoms with Crippen molar-refractivity contribution in [2.75, 3.05) is 0 Å². The highest BCUT2D eigenvalue weighted by molar-refractivity contribution is 5.76. The molecule has 1 aliphatic carbocycles. The van der Waals surface area contributed by atoms with Crippen LogP contribution in [0.25, 0.3) is 0 Å². The zero-order chi connectivity index (χ0) is 17.7. The third-order valence-corrected chi connectivity index (χ3v) is 4.78. The van der Waals surface area contributed by atoms with Crippen LogP contribution in [0.4, 0.5) is 0 Å². The van der Waals surface area contributed by atoms with Gasteiger partial charge in [0.1, 0.15) is 0 Å². The number of carbonyl (C=O) groups is 2. The number of aliphatic hydroxyl groups is 1. The standard InChI is InChI=1S/C15H28N4O4.H2O/c1-4-8(5-2)12(18-7(3)20)11-10(19-15(16)17)6-9(13(11)21)14(22)23;/h8-13,21H,4-6H2,1-3H3,(H,18,20)(H,22,23)(H4,16,17,19);1H2/t9-,10+,11-,12-,13+;/m0./s1. The first kappa shape index (κ1) is 22.1. The van der Waals surface area contributed by atoms with Crippen molar-refractivity contribution in [3.05, 3.63) is 0 Å². The number of carboxylic acid groups (broad SMARTS) is 1. The molecule has 9 N–H and O–H groups in total. The summed E-state index contributed by atoms with van der Waals surface area (Å²) in [7, 11) is 0. The topological polar surface area (TPSA) is 180 Å². The fraction of sp³-hybridized carbons (Fsp3) is 0.800. The van der Waals surface area contributed by atoms with E-state index in [1.165, 1.54) is 6.92 Å². The van der Waals surface area contributed by atoms with E-state index in [-0.39, 0.29) is 35.7 Å². The predicted octanol–water partition coefficient (Wildman–Crippen LogP) is -0.964. The van der Waals surface area contributed by atoms with Crippen LogP contribution in [-0.4, -0.2) is 51.7 Å². The minimum Gasteiger partial charge on any atom is -0.481 e. The van der Waals surface area contributed by atoms with Gasteiger partial charge in [-0.05, 0) is 12.3 Å². The molecule has 0 heterocycles. The summed E-state index contributed by atoms with van der Waals surface area (Å²) >= 11 is 0. The van der Waals surface area contributed by atoms with E-state index >= 15 is 0 Å². The molecule has 1 fully saturated rings. The number of aliphatic carboxylic acids is 1. The van der Waals surface area contributed by atoms with Crippen LogP contribution in [0, 0.1) is 23.2 Å². The molecule has 1 rings (SSSR count). The third kappa shape index (κ3) is 5.07. The number of rotatable bonds is 7. The number of aliphatic hydroxyl groups excluding tert-OH is 1. The Hall–Kier alpha value is -1.87. The van der Waals surface area contributed by atoms with Gasteiger partial charge in [-0.3, -0.25) is 15.0 Å². The monoisotopic (exact) mass is 346 g/mol. The fourth-order valence-corrected chi connectivity index (χ4v) is 3.70. The second-order valence-corrected chi connectivity index (χ2v) is 6.22. The summed E-state index contributed by atoms with van der Waals surface area (Å²) < 4.78 is 0.